The maximum absolute atomic E-state index is 11.9. The number of benzene rings is 2. The van der Waals surface area contributed by atoms with Crippen LogP contribution in [0.2, 0.25) is 0 Å². The van der Waals surface area contributed by atoms with Gasteiger partial charge in [0.25, 0.3) is 5.91 Å². The topological polar surface area (TPSA) is 105 Å². The molecule has 8 nitrogen and oxygen atoms in total. The van der Waals surface area contributed by atoms with E-state index in [0.717, 1.165) is 28.8 Å². The number of nitrogens with two attached hydrogens (primary N) is 1. The Labute approximate surface area is 185 Å². The van der Waals surface area contributed by atoms with Crippen LogP contribution in [0.3, 0.4) is 0 Å². The summed E-state index contributed by atoms with van der Waals surface area (Å²) in [6.07, 6.45) is 2.85. The van der Waals surface area contributed by atoms with Gasteiger partial charge in [-0.15, -0.1) is 0 Å². The number of rotatable bonds is 4. The normalized spacial score (nSPS) is 17.4. The van der Waals surface area contributed by atoms with E-state index in [-0.39, 0.29) is 0 Å². The number of hydrogen-bond acceptors (Lipinski definition) is 5. The van der Waals surface area contributed by atoms with Gasteiger partial charge in [0.05, 0.1) is 24.3 Å². The van der Waals surface area contributed by atoms with Crippen molar-refractivity contribution in [2.75, 3.05) is 13.3 Å². The van der Waals surface area contributed by atoms with Crippen molar-refractivity contribution in [2.45, 2.75) is 19.9 Å². The molecule has 0 unspecified atom stereocenters. The Morgan fingerprint density at radius 3 is 2.88 bits per heavy atom. The second-order valence-electron chi connectivity index (χ2n) is 7.61. The Morgan fingerprint density at radius 1 is 1.22 bits per heavy atom. The summed E-state index contributed by atoms with van der Waals surface area (Å²) in [4.78, 5) is 23.4. The Kier molecular flexibility index (Phi) is 5.20. The standard InChI is InChI=1S/C24H23N5O3/c1-15-20(17-9-5-10-18(22(25)30)21(17)32-15)23-27-19-11-6-12-31-14-29(19)24(28-23)26-13-16-7-3-2-4-8-16/h2-5,7-11H,6,12-14H2,1H3,(H2,25,30)(H,26,27,28). The molecule has 0 radical (unpaired) electrons. The van der Waals surface area contributed by atoms with Crippen LogP contribution < -0.4 is 11.1 Å². The number of amidine groups is 1. The molecule has 5 rings (SSSR count). The number of carbonyl (C=O) groups excluding carboxylic acids is 1. The minimum Gasteiger partial charge on any atom is -0.460 e. The van der Waals surface area contributed by atoms with Crippen LogP contribution in [-0.2, 0) is 11.3 Å². The molecule has 2 aliphatic rings. The number of aliphatic imine (C=N–C) groups is 2. The molecule has 1 amide bonds. The van der Waals surface area contributed by atoms with Crippen molar-refractivity contribution in [1.29, 1.82) is 0 Å². The van der Waals surface area contributed by atoms with Crippen LogP contribution in [0, 0.1) is 6.92 Å². The van der Waals surface area contributed by atoms with E-state index in [0.29, 0.717) is 48.6 Å². The highest BCUT2D eigenvalue weighted by Crippen LogP contribution is 2.30. The van der Waals surface area contributed by atoms with Crippen molar-refractivity contribution >= 4 is 28.7 Å². The molecule has 8 heteroatoms. The third-order valence-electron chi connectivity index (χ3n) is 5.45. The molecular formula is C24H23N5O3. The molecule has 0 aliphatic carbocycles. The first-order valence-corrected chi connectivity index (χ1v) is 10.4. The number of nitrogens with one attached hydrogen (secondary N) is 1. The van der Waals surface area contributed by atoms with Crippen molar-refractivity contribution in [3.05, 3.63) is 82.9 Å². The molecule has 0 saturated carbocycles. The molecule has 0 bridgehead atoms. The number of aryl methyl sites for hydroxylation is 1. The third-order valence-corrected chi connectivity index (χ3v) is 5.45. The Balaban J connectivity index is 1.62. The third kappa shape index (κ3) is 3.65. The quantitative estimate of drug-likeness (QED) is 0.662. The number of para-hydroxylation sites is 1. The van der Waals surface area contributed by atoms with Crippen LogP contribution in [0.4, 0.5) is 0 Å². The van der Waals surface area contributed by atoms with Gasteiger partial charge < -0.3 is 20.2 Å². The molecular weight excluding hydrogens is 406 g/mol. The van der Waals surface area contributed by atoms with Crippen LogP contribution in [0.15, 0.2) is 74.8 Å². The molecule has 3 N–H and O–H groups in total. The minimum atomic E-state index is -0.533. The Morgan fingerprint density at radius 2 is 2.06 bits per heavy atom. The van der Waals surface area contributed by atoms with Crippen molar-refractivity contribution in [1.82, 2.24) is 10.2 Å². The monoisotopic (exact) mass is 429 g/mol. The lowest BCUT2D eigenvalue weighted by atomic mass is 10.1. The van der Waals surface area contributed by atoms with E-state index >= 15 is 0 Å². The smallest absolute Gasteiger partial charge is 0.252 e. The predicted molar refractivity (Wildman–Crippen MR) is 122 cm³/mol. The highest BCUT2D eigenvalue weighted by molar-refractivity contribution is 6.17. The van der Waals surface area contributed by atoms with Crippen molar-refractivity contribution in [3.8, 4) is 0 Å². The van der Waals surface area contributed by atoms with Gasteiger partial charge in [-0.25, -0.2) is 4.99 Å². The number of hydrogen-bond donors (Lipinski definition) is 2. The Hall–Kier alpha value is -3.91. The summed E-state index contributed by atoms with van der Waals surface area (Å²) < 4.78 is 11.7. The summed E-state index contributed by atoms with van der Waals surface area (Å²) in [5.41, 5.74) is 8.22. The summed E-state index contributed by atoms with van der Waals surface area (Å²) in [6, 6.07) is 15.4. The second kappa shape index (κ2) is 8.32. The van der Waals surface area contributed by atoms with Gasteiger partial charge in [-0.3, -0.25) is 9.69 Å². The van der Waals surface area contributed by atoms with Gasteiger partial charge in [-0.1, -0.05) is 42.5 Å². The second-order valence-corrected chi connectivity index (χ2v) is 7.61. The highest BCUT2D eigenvalue weighted by atomic mass is 16.5. The largest absolute Gasteiger partial charge is 0.460 e. The van der Waals surface area contributed by atoms with E-state index in [1.807, 2.05) is 48.2 Å². The van der Waals surface area contributed by atoms with Gasteiger partial charge in [-0.05, 0) is 31.1 Å². The molecule has 3 aromatic rings. The lowest BCUT2D eigenvalue weighted by Gasteiger charge is -2.30. The summed E-state index contributed by atoms with van der Waals surface area (Å²) in [5.74, 6) is 2.13. The lowest BCUT2D eigenvalue weighted by Crippen LogP contribution is -2.45. The average Bonchev–Trinajstić information content (AvgIpc) is 2.96. The maximum atomic E-state index is 11.9. The molecule has 0 atom stereocenters. The lowest BCUT2D eigenvalue weighted by molar-refractivity contribution is 0.0869. The molecule has 0 saturated heterocycles. The van der Waals surface area contributed by atoms with E-state index in [2.05, 4.69) is 11.4 Å². The summed E-state index contributed by atoms with van der Waals surface area (Å²) in [5, 5.41) is 4.18. The number of ether oxygens (including phenoxy) is 1. The zero-order valence-corrected chi connectivity index (χ0v) is 17.7. The fourth-order valence-electron chi connectivity index (χ4n) is 3.92. The molecule has 2 aliphatic heterocycles. The van der Waals surface area contributed by atoms with Crippen molar-refractivity contribution in [3.63, 3.8) is 0 Å². The molecule has 162 valence electrons. The fraction of sp³-hybridized carbons (Fsp3) is 0.208. The van der Waals surface area contributed by atoms with Crippen LogP contribution in [-0.4, -0.2) is 35.9 Å². The van der Waals surface area contributed by atoms with Gasteiger partial charge >= 0.3 is 0 Å². The predicted octanol–water partition coefficient (Wildman–Crippen LogP) is 3.27. The summed E-state index contributed by atoms with van der Waals surface area (Å²) in [7, 11) is 0. The van der Waals surface area contributed by atoms with Crippen LogP contribution >= 0.6 is 0 Å². The van der Waals surface area contributed by atoms with E-state index in [1.165, 1.54) is 0 Å². The number of carbonyl (C=O) groups is 1. The van der Waals surface area contributed by atoms with E-state index in [4.69, 9.17) is 24.9 Å². The minimum absolute atomic E-state index is 0.343. The number of fused-ring (bicyclic) bond motifs is 2. The van der Waals surface area contributed by atoms with Gasteiger partial charge in [-0.2, -0.15) is 4.99 Å². The number of amides is 1. The van der Waals surface area contributed by atoms with E-state index in [9.17, 15) is 4.79 Å². The maximum Gasteiger partial charge on any atom is 0.252 e. The first-order valence-electron chi connectivity index (χ1n) is 10.4. The summed E-state index contributed by atoms with van der Waals surface area (Å²) >= 11 is 0. The number of furan rings is 1. The van der Waals surface area contributed by atoms with Crippen molar-refractivity contribution in [2.24, 2.45) is 15.7 Å². The number of primary amides is 1. The molecule has 2 aromatic carbocycles. The van der Waals surface area contributed by atoms with Gasteiger partial charge in [0, 0.05) is 5.39 Å². The zero-order chi connectivity index (χ0) is 22.1. The van der Waals surface area contributed by atoms with Crippen LogP contribution in [0.5, 0.6) is 0 Å². The van der Waals surface area contributed by atoms with Crippen LogP contribution in [0.1, 0.15) is 33.7 Å². The van der Waals surface area contributed by atoms with Crippen LogP contribution in [0.25, 0.3) is 11.0 Å². The first kappa shape index (κ1) is 20.0. The van der Waals surface area contributed by atoms with E-state index in [1.54, 1.807) is 12.1 Å². The Bertz CT molecular complexity index is 1270. The zero-order valence-electron chi connectivity index (χ0n) is 17.7. The highest BCUT2D eigenvalue weighted by Gasteiger charge is 2.29. The molecule has 0 fully saturated rings. The van der Waals surface area contributed by atoms with E-state index < -0.39 is 5.91 Å². The first-order chi connectivity index (χ1) is 15.6. The average molecular weight is 429 g/mol. The van der Waals surface area contributed by atoms with Crippen molar-refractivity contribution < 1.29 is 13.9 Å². The van der Waals surface area contributed by atoms with Gasteiger partial charge in [0.1, 0.15) is 29.7 Å². The molecule has 0 spiro atoms. The number of guanidine groups is 1. The van der Waals surface area contributed by atoms with Gasteiger partial charge in [0.2, 0.25) is 5.96 Å². The fourth-order valence-corrected chi connectivity index (χ4v) is 3.92. The summed E-state index contributed by atoms with van der Waals surface area (Å²) in [6.45, 7) is 3.33. The SMILES string of the molecule is Cc1oc2c(C(N)=O)cccc2c1C1=NC(=NCc2ccccc2)N2COCCC=C2N1. The molecule has 1 aromatic heterocycles. The number of nitrogens with zero attached hydrogens (tertiary/aromatic N) is 3. The molecule has 32 heavy (non-hydrogen) atoms. The van der Waals surface area contributed by atoms with Gasteiger partial charge in [0.15, 0.2) is 0 Å². The molecule has 3 heterocycles.